The maximum Gasteiger partial charge on any atom is 0.343 e. The lowest BCUT2D eigenvalue weighted by molar-refractivity contribution is 0.0734. The van der Waals surface area contributed by atoms with E-state index in [2.05, 4.69) is 10.5 Å². The van der Waals surface area contributed by atoms with Gasteiger partial charge in [0.25, 0.3) is 5.91 Å². The van der Waals surface area contributed by atoms with Gasteiger partial charge in [0, 0.05) is 10.6 Å². The summed E-state index contributed by atoms with van der Waals surface area (Å²) >= 11 is 12.0. The molecule has 0 aliphatic heterocycles. The fraction of sp³-hybridized carbons (Fsp3) is 0. The molecule has 1 N–H and O–H groups in total. The molecule has 7 heteroatoms. The molecule has 0 fully saturated rings. The lowest BCUT2D eigenvalue weighted by atomic mass is 10.0. The van der Waals surface area contributed by atoms with E-state index in [-0.39, 0.29) is 0 Å². The van der Waals surface area contributed by atoms with Crippen LogP contribution in [0.1, 0.15) is 26.3 Å². The fourth-order valence-electron chi connectivity index (χ4n) is 3.10. The summed E-state index contributed by atoms with van der Waals surface area (Å²) in [6, 6.07) is 24.2. The maximum atomic E-state index is 12.6. The molecule has 0 spiro atoms. The summed E-state index contributed by atoms with van der Waals surface area (Å²) < 4.78 is 5.63. The standard InChI is InChI=1S/C25H16Cl2N2O3/c26-18-12-9-17(10-13-18)25(31)32-23-14-11-16-5-1-2-6-19(16)21(23)15-28-29-24(30)20-7-3-4-8-22(20)27/h1-15H,(H,29,30). The number of nitrogens with one attached hydrogen (secondary N) is 1. The van der Waals surface area contributed by atoms with Gasteiger partial charge in [-0.25, -0.2) is 10.2 Å². The van der Waals surface area contributed by atoms with Gasteiger partial charge < -0.3 is 4.74 Å². The number of ether oxygens (including phenoxy) is 1. The predicted octanol–water partition coefficient (Wildman–Crippen LogP) is 6.13. The molecule has 0 atom stereocenters. The first kappa shape index (κ1) is 21.6. The summed E-state index contributed by atoms with van der Waals surface area (Å²) in [5, 5.41) is 6.65. The van der Waals surface area contributed by atoms with Crippen molar-refractivity contribution < 1.29 is 14.3 Å². The van der Waals surface area contributed by atoms with Crippen molar-refractivity contribution in [2.24, 2.45) is 5.10 Å². The fourth-order valence-corrected chi connectivity index (χ4v) is 3.45. The van der Waals surface area contributed by atoms with Crippen molar-refractivity contribution in [3.8, 4) is 5.75 Å². The van der Waals surface area contributed by atoms with E-state index in [1.165, 1.54) is 6.21 Å². The van der Waals surface area contributed by atoms with Crippen molar-refractivity contribution in [2.45, 2.75) is 0 Å². The molecule has 4 aromatic carbocycles. The van der Waals surface area contributed by atoms with E-state index < -0.39 is 11.9 Å². The van der Waals surface area contributed by atoms with Gasteiger partial charge in [0.2, 0.25) is 0 Å². The molecule has 0 saturated carbocycles. The molecule has 5 nitrogen and oxygen atoms in total. The summed E-state index contributed by atoms with van der Waals surface area (Å²) in [5.74, 6) is -0.683. The van der Waals surface area contributed by atoms with E-state index in [0.29, 0.717) is 32.5 Å². The smallest absolute Gasteiger partial charge is 0.343 e. The third-order valence-corrected chi connectivity index (χ3v) is 5.27. The van der Waals surface area contributed by atoms with Crippen LogP contribution in [0.15, 0.2) is 90.0 Å². The molecule has 4 aromatic rings. The first-order chi connectivity index (χ1) is 15.5. The summed E-state index contributed by atoms with van der Waals surface area (Å²) in [6.45, 7) is 0. The number of hydrogen-bond acceptors (Lipinski definition) is 4. The van der Waals surface area contributed by atoms with Crippen molar-refractivity contribution in [2.75, 3.05) is 0 Å². The Morgan fingerprint density at radius 2 is 1.56 bits per heavy atom. The number of fused-ring (bicyclic) bond motifs is 1. The maximum absolute atomic E-state index is 12.6. The van der Waals surface area contributed by atoms with Crippen molar-refractivity contribution in [3.05, 3.63) is 112 Å². The van der Waals surface area contributed by atoms with Crippen LogP contribution in [0.4, 0.5) is 0 Å². The number of carbonyl (C=O) groups is 2. The number of esters is 1. The number of benzene rings is 4. The van der Waals surface area contributed by atoms with Crippen LogP contribution >= 0.6 is 23.2 Å². The number of halogens is 2. The first-order valence-electron chi connectivity index (χ1n) is 9.60. The third-order valence-electron chi connectivity index (χ3n) is 4.69. The SMILES string of the molecule is O=C(Oc1ccc2ccccc2c1C=NNC(=O)c1ccccc1Cl)c1ccc(Cl)cc1. The van der Waals surface area contributed by atoms with Crippen molar-refractivity contribution in [3.63, 3.8) is 0 Å². The van der Waals surface area contributed by atoms with E-state index in [1.54, 1.807) is 54.6 Å². The second kappa shape index (κ2) is 9.64. The Balaban J connectivity index is 1.63. The monoisotopic (exact) mass is 462 g/mol. The highest BCUT2D eigenvalue weighted by Gasteiger charge is 2.14. The van der Waals surface area contributed by atoms with Crippen LogP contribution in [0.2, 0.25) is 10.0 Å². The van der Waals surface area contributed by atoms with Crippen molar-refractivity contribution in [1.82, 2.24) is 5.43 Å². The van der Waals surface area contributed by atoms with Gasteiger partial charge >= 0.3 is 5.97 Å². The van der Waals surface area contributed by atoms with Crippen LogP contribution < -0.4 is 10.2 Å². The molecular weight excluding hydrogens is 447 g/mol. The van der Waals surface area contributed by atoms with Gasteiger partial charge in [-0.1, -0.05) is 65.7 Å². The van der Waals surface area contributed by atoms with E-state index >= 15 is 0 Å². The van der Waals surface area contributed by atoms with Crippen molar-refractivity contribution in [1.29, 1.82) is 0 Å². The molecule has 0 bridgehead atoms. The summed E-state index contributed by atoms with van der Waals surface area (Å²) in [6.07, 6.45) is 1.45. The number of amides is 1. The third kappa shape index (κ3) is 4.80. The normalized spacial score (nSPS) is 10.9. The minimum absolute atomic E-state index is 0.304. The molecule has 4 rings (SSSR count). The topological polar surface area (TPSA) is 67.8 Å². The first-order valence-corrected chi connectivity index (χ1v) is 10.4. The Hall–Kier alpha value is -3.67. The van der Waals surface area contributed by atoms with Crippen LogP contribution in [-0.4, -0.2) is 18.1 Å². The number of hydrazone groups is 1. The van der Waals surface area contributed by atoms with Crippen LogP contribution in [0.5, 0.6) is 5.75 Å². The minimum atomic E-state index is -0.535. The predicted molar refractivity (Wildman–Crippen MR) is 127 cm³/mol. The lowest BCUT2D eigenvalue weighted by Crippen LogP contribution is -2.18. The van der Waals surface area contributed by atoms with Gasteiger partial charge in [-0.05, 0) is 53.2 Å². The summed E-state index contributed by atoms with van der Waals surface area (Å²) in [7, 11) is 0. The van der Waals surface area contributed by atoms with Gasteiger partial charge in [-0.2, -0.15) is 5.10 Å². The van der Waals surface area contributed by atoms with Gasteiger partial charge in [-0.15, -0.1) is 0 Å². The molecule has 32 heavy (non-hydrogen) atoms. The molecule has 0 aliphatic rings. The average molecular weight is 463 g/mol. The second-order valence-corrected chi connectivity index (χ2v) is 7.62. The zero-order chi connectivity index (χ0) is 22.5. The largest absolute Gasteiger partial charge is 0.422 e. The van der Waals surface area contributed by atoms with E-state index in [0.717, 1.165) is 10.8 Å². The van der Waals surface area contributed by atoms with Gasteiger partial charge in [0.15, 0.2) is 0 Å². The number of nitrogens with zero attached hydrogens (tertiary/aromatic N) is 1. The Kier molecular flexibility index (Phi) is 6.50. The highest BCUT2D eigenvalue weighted by molar-refractivity contribution is 6.33. The Morgan fingerprint density at radius 3 is 2.34 bits per heavy atom. The number of rotatable bonds is 5. The van der Waals surface area contributed by atoms with Crippen LogP contribution in [-0.2, 0) is 0 Å². The highest BCUT2D eigenvalue weighted by atomic mass is 35.5. The minimum Gasteiger partial charge on any atom is -0.422 e. The van der Waals surface area contributed by atoms with E-state index in [1.807, 2.05) is 30.3 Å². The molecule has 0 aliphatic carbocycles. The lowest BCUT2D eigenvalue weighted by Gasteiger charge is -2.11. The number of carbonyl (C=O) groups excluding carboxylic acids is 2. The van der Waals surface area contributed by atoms with E-state index in [9.17, 15) is 9.59 Å². The molecular formula is C25H16Cl2N2O3. The van der Waals surface area contributed by atoms with Gasteiger partial charge in [0.05, 0.1) is 22.4 Å². The zero-order valence-electron chi connectivity index (χ0n) is 16.6. The quantitative estimate of drug-likeness (QED) is 0.168. The molecule has 0 unspecified atom stereocenters. The Bertz CT molecular complexity index is 1330. The Morgan fingerprint density at radius 1 is 0.844 bits per heavy atom. The second-order valence-electron chi connectivity index (χ2n) is 6.77. The Labute approximate surface area is 194 Å². The van der Waals surface area contributed by atoms with Crippen molar-refractivity contribution >= 4 is 52.1 Å². The van der Waals surface area contributed by atoms with Crippen LogP contribution in [0.3, 0.4) is 0 Å². The zero-order valence-corrected chi connectivity index (χ0v) is 18.1. The summed E-state index contributed by atoms with van der Waals surface area (Å²) in [5.41, 5.74) is 3.67. The average Bonchev–Trinajstić information content (AvgIpc) is 2.80. The molecule has 1 amide bonds. The molecule has 158 valence electrons. The van der Waals surface area contributed by atoms with Gasteiger partial charge in [0.1, 0.15) is 5.75 Å². The molecule has 0 heterocycles. The summed E-state index contributed by atoms with van der Waals surface area (Å²) in [4.78, 5) is 25.0. The highest BCUT2D eigenvalue weighted by Crippen LogP contribution is 2.27. The molecule has 0 aromatic heterocycles. The van der Waals surface area contributed by atoms with Crippen LogP contribution in [0, 0.1) is 0 Å². The molecule has 0 saturated heterocycles. The van der Waals surface area contributed by atoms with Gasteiger partial charge in [-0.3, -0.25) is 4.79 Å². The molecule has 0 radical (unpaired) electrons. The van der Waals surface area contributed by atoms with Crippen LogP contribution in [0.25, 0.3) is 10.8 Å². The number of hydrogen-bond donors (Lipinski definition) is 1. The van der Waals surface area contributed by atoms with E-state index in [4.69, 9.17) is 27.9 Å².